The van der Waals surface area contributed by atoms with Crippen molar-refractivity contribution in [2.75, 3.05) is 12.4 Å². The first kappa shape index (κ1) is 13.6. The van der Waals surface area contributed by atoms with Gasteiger partial charge in [-0.1, -0.05) is 17.7 Å². The molecule has 0 atom stereocenters. The Morgan fingerprint density at radius 1 is 1.25 bits per heavy atom. The molecule has 4 nitrogen and oxygen atoms in total. The predicted molar refractivity (Wildman–Crippen MR) is 76.8 cm³/mol. The first-order chi connectivity index (χ1) is 9.63. The number of benzene rings is 2. The van der Waals surface area contributed by atoms with E-state index in [1.54, 1.807) is 24.3 Å². The fraction of sp³-hybridized carbons (Fsp3) is 0.125. The summed E-state index contributed by atoms with van der Waals surface area (Å²) >= 11 is 0. The second kappa shape index (κ2) is 5.89. The highest BCUT2D eigenvalue weighted by Gasteiger charge is 2.10. The third kappa shape index (κ3) is 2.96. The van der Waals surface area contributed by atoms with E-state index in [4.69, 9.17) is 10.00 Å². The number of carbonyl (C=O) groups is 1. The number of aryl methyl sites for hydroxylation is 1. The van der Waals surface area contributed by atoms with Crippen molar-refractivity contribution in [2.45, 2.75) is 6.92 Å². The largest absolute Gasteiger partial charge is 0.495 e. The van der Waals surface area contributed by atoms with E-state index >= 15 is 0 Å². The minimum Gasteiger partial charge on any atom is -0.495 e. The number of nitriles is 1. The molecule has 0 unspecified atom stereocenters. The van der Waals surface area contributed by atoms with Crippen LogP contribution in [-0.2, 0) is 0 Å². The lowest BCUT2D eigenvalue weighted by Gasteiger charge is -2.10. The van der Waals surface area contributed by atoms with Crippen LogP contribution in [0, 0.1) is 18.3 Å². The van der Waals surface area contributed by atoms with Gasteiger partial charge in [-0.15, -0.1) is 0 Å². The van der Waals surface area contributed by atoms with Crippen LogP contribution in [0.5, 0.6) is 5.75 Å². The van der Waals surface area contributed by atoms with Crippen LogP contribution in [0.3, 0.4) is 0 Å². The number of methoxy groups -OCH3 is 1. The van der Waals surface area contributed by atoms with E-state index in [9.17, 15) is 4.79 Å². The molecule has 0 aliphatic rings. The van der Waals surface area contributed by atoms with E-state index < -0.39 is 0 Å². The maximum atomic E-state index is 12.2. The zero-order valence-electron chi connectivity index (χ0n) is 11.3. The quantitative estimate of drug-likeness (QED) is 0.928. The van der Waals surface area contributed by atoms with Gasteiger partial charge in [0, 0.05) is 11.6 Å². The average molecular weight is 266 g/mol. The Morgan fingerprint density at radius 3 is 2.70 bits per heavy atom. The van der Waals surface area contributed by atoms with Gasteiger partial charge < -0.3 is 10.1 Å². The molecular weight excluding hydrogens is 252 g/mol. The van der Waals surface area contributed by atoms with Crippen LogP contribution in [0.2, 0.25) is 0 Å². The summed E-state index contributed by atoms with van der Waals surface area (Å²) in [4.78, 5) is 12.2. The van der Waals surface area contributed by atoms with Crippen molar-refractivity contribution in [3.8, 4) is 11.8 Å². The van der Waals surface area contributed by atoms with Gasteiger partial charge in [0.15, 0.2) is 0 Å². The molecule has 4 heteroatoms. The Balaban J connectivity index is 2.26. The summed E-state index contributed by atoms with van der Waals surface area (Å²) in [6, 6.07) is 14.2. The molecule has 0 saturated carbocycles. The second-order valence-corrected chi connectivity index (χ2v) is 4.35. The van der Waals surface area contributed by atoms with Crippen LogP contribution in [0.1, 0.15) is 21.5 Å². The zero-order chi connectivity index (χ0) is 14.5. The summed E-state index contributed by atoms with van der Waals surface area (Å²) in [5.41, 5.74) is 2.62. The summed E-state index contributed by atoms with van der Waals surface area (Å²) in [6.07, 6.45) is 0. The number of nitrogens with one attached hydrogen (secondary N) is 1. The molecule has 100 valence electrons. The van der Waals surface area contributed by atoms with E-state index in [0.717, 1.165) is 5.56 Å². The minimum absolute atomic E-state index is 0.211. The van der Waals surface area contributed by atoms with E-state index in [2.05, 4.69) is 5.32 Å². The first-order valence-corrected chi connectivity index (χ1v) is 6.10. The van der Waals surface area contributed by atoms with Gasteiger partial charge in [0.25, 0.3) is 5.91 Å². The average Bonchev–Trinajstić information content (AvgIpc) is 2.47. The molecule has 0 fully saturated rings. The smallest absolute Gasteiger partial charge is 0.255 e. The fourth-order valence-corrected chi connectivity index (χ4v) is 1.84. The summed E-state index contributed by atoms with van der Waals surface area (Å²) < 4.78 is 5.18. The SMILES string of the molecule is COc1cc(C#N)ccc1NC(=O)c1cccc(C)c1. The molecule has 0 radical (unpaired) electrons. The number of rotatable bonds is 3. The van der Waals surface area contributed by atoms with Crippen molar-refractivity contribution in [3.05, 3.63) is 59.2 Å². The molecule has 1 N–H and O–H groups in total. The van der Waals surface area contributed by atoms with Gasteiger partial charge in [-0.25, -0.2) is 0 Å². The molecule has 0 saturated heterocycles. The fourth-order valence-electron chi connectivity index (χ4n) is 1.84. The van der Waals surface area contributed by atoms with Crippen molar-refractivity contribution >= 4 is 11.6 Å². The molecule has 2 aromatic carbocycles. The number of hydrogen-bond acceptors (Lipinski definition) is 3. The Morgan fingerprint density at radius 2 is 2.05 bits per heavy atom. The number of hydrogen-bond donors (Lipinski definition) is 1. The van der Waals surface area contributed by atoms with Crippen LogP contribution < -0.4 is 10.1 Å². The van der Waals surface area contributed by atoms with Crippen LogP contribution in [0.25, 0.3) is 0 Å². The summed E-state index contributed by atoms with van der Waals surface area (Å²) in [6.45, 7) is 1.93. The van der Waals surface area contributed by atoms with Crippen molar-refractivity contribution in [3.63, 3.8) is 0 Å². The Hall–Kier alpha value is -2.80. The molecule has 2 aromatic rings. The minimum atomic E-state index is -0.211. The lowest BCUT2D eigenvalue weighted by molar-refractivity contribution is 0.102. The summed E-state index contributed by atoms with van der Waals surface area (Å²) in [5, 5.41) is 11.6. The second-order valence-electron chi connectivity index (χ2n) is 4.35. The van der Waals surface area contributed by atoms with Crippen LogP contribution in [0.15, 0.2) is 42.5 Å². The highest BCUT2D eigenvalue weighted by atomic mass is 16.5. The molecule has 0 aliphatic carbocycles. The van der Waals surface area contributed by atoms with E-state index in [1.165, 1.54) is 7.11 Å². The third-order valence-corrected chi connectivity index (χ3v) is 2.86. The summed E-state index contributed by atoms with van der Waals surface area (Å²) in [5.74, 6) is 0.252. The lowest BCUT2D eigenvalue weighted by atomic mass is 10.1. The molecule has 0 heterocycles. The predicted octanol–water partition coefficient (Wildman–Crippen LogP) is 3.13. The molecule has 0 aliphatic heterocycles. The third-order valence-electron chi connectivity index (χ3n) is 2.86. The van der Waals surface area contributed by atoms with Gasteiger partial charge in [0.2, 0.25) is 0 Å². The molecular formula is C16H14N2O2. The maximum Gasteiger partial charge on any atom is 0.255 e. The van der Waals surface area contributed by atoms with Gasteiger partial charge in [-0.05, 0) is 31.2 Å². The first-order valence-electron chi connectivity index (χ1n) is 6.10. The number of amides is 1. The van der Waals surface area contributed by atoms with Crippen molar-refractivity contribution in [2.24, 2.45) is 0 Å². The van der Waals surface area contributed by atoms with Crippen molar-refractivity contribution < 1.29 is 9.53 Å². The summed E-state index contributed by atoms with van der Waals surface area (Å²) in [7, 11) is 1.50. The van der Waals surface area contributed by atoms with Crippen LogP contribution in [0.4, 0.5) is 5.69 Å². The molecule has 2 rings (SSSR count). The molecule has 0 spiro atoms. The van der Waals surface area contributed by atoms with Gasteiger partial charge in [-0.2, -0.15) is 5.26 Å². The van der Waals surface area contributed by atoms with Crippen molar-refractivity contribution in [1.29, 1.82) is 5.26 Å². The van der Waals surface area contributed by atoms with Gasteiger partial charge in [-0.3, -0.25) is 4.79 Å². The van der Waals surface area contributed by atoms with Gasteiger partial charge in [0.05, 0.1) is 24.4 Å². The van der Waals surface area contributed by atoms with E-state index in [1.807, 2.05) is 31.2 Å². The number of ether oxygens (including phenoxy) is 1. The molecule has 0 aromatic heterocycles. The zero-order valence-corrected chi connectivity index (χ0v) is 11.3. The van der Waals surface area contributed by atoms with Gasteiger partial charge >= 0.3 is 0 Å². The van der Waals surface area contributed by atoms with Crippen molar-refractivity contribution in [1.82, 2.24) is 0 Å². The Kier molecular flexibility index (Phi) is 4.02. The van der Waals surface area contributed by atoms with E-state index in [0.29, 0.717) is 22.6 Å². The monoisotopic (exact) mass is 266 g/mol. The van der Waals surface area contributed by atoms with E-state index in [-0.39, 0.29) is 5.91 Å². The molecule has 1 amide bonds. The standard InChI is InChI=1S/C16H14N2O2/c1-11-4-3-5-13(8-11)16(19)18-14-7-6-12(10-17)9-15(14)20-2/h3-9H,1-2H3,(H,18,19). The van der Waals surface area contributed by atoms with Crippen LogP contribution >= 0.6 is 0 Å². The Bertz CT molecular complexity index is 687. The maximum absolute atomic E-state index is 12.2. The lowest BCUT2D eigenvalue weighted by Crippen LogP contribution is -2.12. The van der Waals surface area contributed by atoms with Gasteiger partial charge in [0.1, 0.15) is 5.75 Å². The Labute approximate surface area is 117 Å². The highest BCUT2D eigenvalue weighted by molar-refractivity contribution is 6.05. The van der Waals surface area contributed by atoms with Crippen LogP contribution in [-0.4, -0.2) is 13.0 Å². The topological polar surface area (TPSA) is 62.1 Å². The highest BCUT2D eigenvalue weighted by Crippen LogP contribution is 2.25. The normalized spacial score (nSPS) is 9.65. The molecule has 0 bridgehead atoms. The number of anilines is 1. The number of carbonyl (C=O) groups excluding carboxylic acids is 1. The number of nitrogens with zero attached hydrogens (tertiary/aromatic N) is 1. The molecule has 20 heavy (non-hydrogen) atoms.